The summed E-state index contributed by atoms with van der Waals surface area (Å²) >= 11 is 0. The maximum atomic E-state index is 9.27. The van der Waals surface area contributed by atoms with Crippen LogP contribution in [0, 0.1) is 6.92 Å². The number of phenolic OH excluding ortho intramolecular Hbond substituents is 1. The predicted octanol–water partition coefficient (Wildman–Crippen LogP) is 2.25. The number of benzene rings is 1. The van der Waals surface area contributed by atoms with Crippen molar-refractivity contribution in [2.75, 3.05) is 0 Å². The molecule has 2 heteroatoms. The third-order valence-corrected chi connectivity index (χ3v) is 1.91. The highest BCUT2D eigenvalue weighted by atomic mass is 16.3. The highest BCUT2D eigenvalue weighted by Crippen LogP contribution is 2.21. The van der Waals surface area contributed by atoms with Gasteiger partial charge in [0.1, 0.15) is 5.75 Å². The first kappa shape index (κ1) is 7.10. The molecule has 1 aromatic carbocycles. The van der Waals surface area contributed by atoms with Gasteiger partial charge in [0.05, 0.1) is 5.52 Å². The molecule has 2 nitrogen and oxygen atoms in total. The zero-order valence-electron chi connectivity index (χ0n) is 6.78. The van der Waals surface area contributed by atoms with Crippen molar-refractivity contribution in [2.24, 2.45) is 0 Å². The van der Waals surface area contributed by atoms with Crippen LogP contribution >= 0.6 is 0 Å². The number of nitrogens with zero attached hydrogens (tertiary/aromatic N) is 1. The number of hydrogen-bond donors (Lipinski definition) is 1. The lowest BCUT2D eigenvalue weighted by Crippen LogP contribution is -1.80. The molecule has 1 heterocycles. The summed E-state index contributed by atoms with van der Waals surface area (Å²) < 4.78 is 0. The fourth-order valence-electron chi connectivity index (χ4n) is 1.35. The standard InChI is InChI=1S/C10H9NO/c1-7-5-8(12)6-10-9(7)3-2-4-11-10/h2-6,12H,1H3. The number of hydrogen-bond acceptors (Lipinski definition) is 2. The van der Waals surface area contributed by atoms with E-state index >= 15 is 0 Å². The van der Waals surface area contributed by atoms with Crippen molar-refractivity contribution in [1.82, 2.24) is 4.98 Å². The molecule has 1 aromatic heterocycles. The summed E-state index contributed by atoms with van der Waals surface area (Å²) in [6, 6.07) is 7.30. The van der Waals surface area contributed by atoms with E-state index < -0.39 is 0 Å². The second-order valence-electron chi connectivity index (χ2n) is 2.83. The molecule has 0 fully saturated rings. The number of fused-ring (bicyclic) bond motifs is 1. The van der Waals surface area contributed by atoms with Crippen LogP contribution in [-0.2, 0) is 0 Å². The van der Waals surface area contributed by atoms with Gasteiger partial charge in [-0.25, -0.2) is 0 Å². The Labute approximate surface area is 70.5 Å². The molecule has 60 valence electrons. The summed E-state index contributed by atoms with van der Waals surface area (Å²) in [4.78, 5) is 4.14. The Morgan fingerprint density at radius 2 is 2.17 bits per heavy atom. The topological polar surface area (TPSA) is 33.1 Å². The van der Waals surface area contributed by atoms with Crippen molar-refractivity contribution < 1.29 is 5.11 Å². The largest absolute Gasteiger partial charge is 0.508 e. The van der Waals surface area contributed by atoms with Gasteiger partial charge in [-0.3, -0.25) is 4.98 Å². The Balaban J connectivity index is 2.89. The van der Waals surface area contributed by atoms with Crippen LogP contribution in [0.4, 0.5) is 0 Å². The molecule has 0 aliphatic heterocycles. The summed E-state index contributed by atoms with van der Waals surface area (Å²) in [5.41, 5.74) is 1.90. The van der Waals surface area contributed by atoms with Crippen LogP contribution in [-0.4, -0.2) is 10.1 Å². The number of aromatic hydroxyl groups is 1. The molecule has 0 spiro atoms. The van der Waals surface area contributed by atoms with Gasteiger partial charge in [0.15, 0.2) is 0 Å². The molecule has 0 saturated carbocycles. The summed E-state index contributed by atoms with van der Waals surface area (Å²) in [6.45, 7) is 1.96. The lowest BCUT2D eigenvalue weighted by atomic mass is 10.1. The van der Waals surface area contributed by atoms with E-state index in [1.165, 1.54) is 0 Å². The Hall–Kier alpha value is -1.57. The number of pyridine rings is 1. The van der Waals surface area contributed by atoms with Crippen molar-refractivity contribution >= 4 is 10.9 Å². The average molecular weight is 159 g/mol. The average Bonchev–Trinajstić information content (AvgIpc) is 2.04. The molecule has 0 amide bonds. The molecular formula is C10H9NO. The molecule has 2 rings (SSSR count). The van der Waals surface area contributed by atoms with E-state index in [2.05, 4.69) is 4.98 Å². The van der Waals surface area contributed by atoms with Crippen LogP contribution in [0.25, 0.3) is 10.9 Å². The number of aromatic nitrogens is 1. The second-order valence-corrected chi connectivity index (χ2v) is 2.83. The quantitative estimate of drug-likeness (QED) is 0.639. The highest BCUT2D eigenvalue weighted by Gasteiger charge is 1.98. The molecule has 0 bridgehead atoms. The van der Waals surface area contributed by atoms with E-state index in [1.54, 1.807) is 18.3 Å². The first-order valence-corrected chi connectivity index (χ1v) is 3.82. The van der Waals surface area contributed by atoms with E-state index in [4.69, 9.17) is 0 Å². The Bertz CT molecular complexity index is 423. The van der Waals surface area contributed by atoms with Crippen LogP contribution in [0.15, 0.2) is 30.5 Å². The van der Waals surface area contributed by atoms with Gasteiger partial charge in [-0.05, 0) is 24.6 Å². The van der Waals surface area contributed by atoms with Gasteiger partial charge in [-0.2, -0.15) is 0 Å². The maximum Gasteiger partial charge on any atom is 0.118 e. The summed E-state index contributed by atoms with van der Waals surface area (Å²) in [6.07, 6.45) is 1.72. The number of aryl methyl sites for hydroxylation is 1. The fraction of sp³-hybridized carbons (Fsp3) is 0.100. The molecule has 0 aliphatic rings. The van der Waals surface area contributed by atoms with Gasteiger partial charge in [0, 0.05) is 17.6 Å². The van der Waals surface area contributed by atoms with E-state index in [0.29, 0.717) is 0 Å². The third kappa shape index (κ3) is 1.01. The van der Waals surface area contributed by atoms with Gasteiger partial charge in [0.25, 0.3) is 0 Å². The lowest BCUT2D eigenvalue weighted by Gasteiger charge is -2.00. The monoisotopic (exact) mass is 159 g/mol. The first-order chi connectivity index (χ1) is 5.77. The van der Waals surface area contributed by atoms with Crippen LogP contribution in [0.5, 0.6) is 5.75 Å². The second kappa shape index (κ2) is 2.48. The van der Waals surface area contributed by atoms with Crippen molar-refractivity contribution in [1.29, 1.82) is 0 Å². The van der Waals surface area contributed by atoms with Crippen LogP contribution in [0.1, 0.15) is 5.56 Å². The summed E-state index contributed by atoms with van der Waals surface area (Å²) in [5, 5.41) is 10.4. The van der Waals surface area contributed by atoms with Gasteiger partial charge >= 0.3 is 0 Å². The minimum absolute atomic E-state index is 0.277. The molecule has 12 heavy (non-hydrogen) atoms. The third-order valence-electron chi connectivity index (χ3n) is 1.91. The molecule has 2 aromatic rings. The van der Waals surface area contributed by atoms with E-state index in [-0.39, 0.29) is 5.75 Å². The Kier molecular flexibility index (Phi) is 1.47. The molecule has 0 saturated heterocycles. The van der Waals surface area contributed by atoms with Gasteiger partial charge in [0.2, 0.25) is 0 Å². The van der Waals surface area contributed by atoms with Crippen molar-refractivity contribution in [2.45, 2.75) is 6.92 Å². The summed E-state index contributed by atoms with van der Waals surface area (Å²) in [5.74, 6) is 0.277. The smallest absolute Gasteiger partial charge is 0.118 e. The molecule has 1 N–H and O–H groups in total. The number of phenols is 1. The number of rotatable bonds is 0. The highest BCUT2D eigenvalue weighted by molar-refractivity contribution is 5.83. The van der Waals surface area contributed by atoms with E-state index in [0.717, 1.165) is 16.5 Å². The van der Waals surface area contributed by atoms with Crippen molar-refractivity contribution in [3.05, 3.63) is 36.0 Å². The van der Waals surface area contributed by atoms with Crippen LogP contribution in [0.3, 0.4) is 0 Å². The van der Waals surface area contributed by atoms with Gasteiger partial charge in [-0.15, -0.1) is 0 Å². The van der Waals surface area contributed by atoms with Crippen LogP contribution < -0.4 is 0 Å². The molecule has 0 aliphatic carbocycles. The zero-order chi connectivity index (χ0) is 8.55. The first-order valence-electron chi connectivity index (χ1n) is 3.82. The summed E-state index contributed by atoms with van der Waals surface area (Å²) in [7, 11) is 0. The Morgan fingerprint density at radius 3 is 3.00 bits per heavy atom. The van der Waals surface area contributed by atoms with Crippen molar-refractivity contribution in [3.8, 4) is 5.75 Å². The lowest BCUT2D eigenvalue weighted by molar-refractivity contribution is 0.475. The molecule has 0 unspecified atom stereocenters. The predicted molar refractivity (Wildman–Crippen MR) is 48.1 cm³/mol. The Morgan fingerprint density at radius 1 is 1.33 bits per heavy atom. The maximum absolute atomic E-state index is 9.27. The minimum atomic E-state index is 0.277. The SMILES string of the molecule is Cc1cc(O)cc2ncccc12. The van der Waals surface area contributed by atoms with Crippen LogP contribution in [0.2, 0.25) is 0 Å². The van der Waals surface area contributed by atoms with E-state index in [1.807, 2.05) is 19.1 Å². The fourth-order valence-corrected chi connectivity index (χ4v) is 1.35. The normalized spacial score (nSPS) is 10.4. The zero-order valence-corrected chi connectivity index (χ0v) is 6.78. The molecule has 0 radical (unpaired) electrons. The minimum Gasteiger partial charge on any atom is -0.508 e. The van der Waals surface area contributed by atoms with Gasteiger partial charge in [-0.1, -0.05) is 6.07 Å². The van der Waals surface area contributed by atoms with Crippen molar-refractivity contribution in [3.63, 3.8) is 0 Å². The molecular weight excluding hydrogens is 150 g/mol. The van der Waals surface area contributed by atoms with Gasteiger partial charge < -0.3 is 5.11 Å². The van der Waals surface area contributed by atoms with E-state index in [9.17, 15) is 5.11 Å². The molecule has 0 atom stereocenters.